The van der Waals surface area contributed by atoms with Crippen LogP contribution >= 0.6 is 27.3 Å². The molecule has 0 saturated heterocycles. The van der Waals surface area contributed by atoms with Gasteiger partial charge in [-0.05, 0) is 38.1 Å². The predicted molar refractivity (Wildman–Crippen MR) is 107 cm³/mol. The van der Waals surface area contributed by atoms with Gasteiger partial charge in [-0.3, -0.25) is 4.99 Å². The van der Waals surface area contributed by atoms with E-state index in [-0.39, 0.29) is 11.8 Å². The van der Waals surface area contributed by atoms with Crippen molar-refractivity contribution in [1.29, 1.82) is 0 Å². The first-order valence-corrected chi connectivity index (χ1v) is 9.54. The average molecular weight is 416 g/mol. The summed E-state index contributed by atoms with van der Waals surface area (Å²) in [6.45, 7) is 4.08. The Morgan fingerprint density at radius 2 is 1.84 bits per heavy atom. The third-order valence-electron chi connectivity index (χ3n) is 3.44. The van der Waals surface area contributed by atoms with Gasteiger partial charge in [-0.25, -0.2) is 4.68 Å². The Kier molecular flexibility index (Phi) is 5.50. The number of halogens is 1. The largest absolute Gasteiger partial charge is 0.507 e. The molecule has 1 aromatic heterocycles. The topological polar surface area (TPSA) is 49.9 Å². The Labute approximate surface area is 158 Å². The fraction of sp³-hybridized carbons (Fsp3) is 0.158. The van der Waals surface area contributed by atoms with E-state index in [4.69, 9.17) is 0 Å². The molecule has 2 aromatic carbocycles. The number of rotatable bonds is 4. The van der Waals surface area contributed by atoms with Crippen LogP contribution in [0.15, 0.2) is 68.5 Å². The van der Waals surface area contributed by atoms with Crippen LogP contribution in [0.2, 0.25) is 0 Å². The standard InChI is InChI=1S/C19H18BrN3OS/c1-13(2)22-19-23(21-11-15-5-3-4-6-18(15)24)17(12-25-19)14-7-9-16(20)10-8-14/h3-13,24H,1-2H3. The maximum absolute atomic E-state index is 9.94. The molecule has 0 bridgehead atoms. The molecule has 0 aliphatic carbocycles. The van der Waals surface area contributed by atoms with E-state index in [1.165, 1.54) is 0 Å². The van der Waals surface area contributed by atoms with E-state index in [2.05, 4.69) is 26.0 Å². The zero-order chi connectivity index (χ0) is 17.8. The van der Waals surface area contributed by atoms with Crippen LogP contribution < -0.4 is 4.80 Å². The fourth-order valence-corrected chi connectivity index (χ4v) is 3.49. The number of nitrogens with zero attached hydrogens (tertiary/aromatic N) is 3. The zero-order valence-corrected chi connectivity index (χ0v) is 16.3. The Bertz CT molecular complexity index is 955. The van der Waals surface area contributed by atoms with Gasteiger partial charge in [0.15, 0.2) is 0 Å². The molecule has 0 radical (unpaired) electrons. The van der Waals surface area contributed by atoms with Gasteiger partial charge in [0.1, 0.15) is 5.75 Å². The van der Waals surface area contributed by atoms with Gasteiger partial charge in [0.2, 0.25) is 4.80 Å². The van der Waals surface area contributed by atoms with Crippen LogP contribution in [-0.2, 0) is 0 Å². The summed E-state index contributed by atoms with van der Waals surface area (Å²) in [4.78, 5) is 5.47. The second kappa shape index (κ2) is 7.80. The molecule has 3 rings (SSSR count). The number of hydrogen-bond donors (Lipinski definition) is 1. The quantitative estimate of drug-likeness (QED) is 0.606. The molecule has 0 saturated carbocycles. The normalized spacial score (nSPS) is 12.4. The van der Waals surface area contributed by atoms with Crippen LogP contribution in [-0.4, -0.2) is 22.0 Å². The Hall–Kier alpha value is -2.18. The smallest absolute Gasteiger partial charge is 0.206 e. The van der Waals surface area contributed by atoms with E-state index in [9.17, 15) is 5.11 Å². The lowest BCUT2D eigenvalue weighted by atomic mass is 10.2. The third-order valence-corrected chi connectivity index (χ3v) is 4.80. The minimum Gasteiger partial charge on any atom is -0.507 e. The molecule has 0 spiro atoms. The number of aromatic nitrogens is 1. The summed E-state index contributed by atoms with van der Waals surface area (Å²) in [5, 5.41) is 16.6. The fourth-order valence-electron chi connectivity index (χ4n) is 2.26. The van der Waals surface area contributed by atoms with Crippen molar-refractivity contribution in [2.75, 3.05) is 0 Å². The summed E-state index contributed by atoms with van der Waals surface area (Å²) < 4.78 is 2.85. The Morgan fingerprint density at radius 3 is 2.52 bits per heavy atom. The second-order valence-corrected chi connectivity index (χ2v) is 7.50. The van der Waals surface area contributed by atoms with Crippen molar-refractivity contribution in [3.63, 3.8) is 0 Å². The molecule has 0 aliphatic heterocycles. The molecule has 6 heteroatoms. The van der Waals surface area contributed by atoms with Crippen LogP contribution in [0.3, 0.4) is 0 Å². The summed E-state index contributed by atoms with van der Waals surface area (Å²) >= 11 is 5.01. The first-order chi connectivity index (χ1) is 12.0. The minimum atomic E-state index is 0.169. The average Bonchev–Trinajstić information content (AvgIpc) is 2.97. The van der Waals surface area contributed by atoms with Crippen LogP contribution in [0.25, 0.3) is 11.3 Å². The van der Waals surface area contributed by atoms with Gasteiger partial charge < -0.3 is 5.11 Å². The molecule has 0 amide bonds. The summed E-state index contributed by atoms with van der Waals surface area (Å²) in [5.41, 5.74) is 2.68. The van der Waals surface area contributed by atoms with E-state index >= 15 is 0 Å². The lowest BCUT2D eigenvalue weighted by Crippen LogP contribution is -2.14. The highest BCUT2D eigenvalue weighted by atomic mass is 79.9. The molecule has 0 atom stereocenters. The maximum atomic E-state index is 9.94. The van der Waals surface area contributed by atoms with Gasteiger partial charge in [-0.2, -0.15) is 5.10 Å². The minimum absolute atomic E-state index is 0.169. The van der Waals surface area contributed by atoms with Crippen molar-refractivity contribution >= 4 is 33.5 Å². The summed E-state index contributed by atoms with van der Waals surface area (Å²) in [6, 6.07) is 15.4. The van der Waals surface area contributed by atoms with Crippen molar-refractivity contribution in [3.05, 3.63) is 68.7 Å². The number of phenols is 1. The number of thiazole rings is 1. The third kappa shape index (κ3) is 4.27. The Balaban J connectivity index is 2.10. The molecule has 25 heavy (non-hydrogen) atoms. The molecule has 4 nitrogen and oxygen atoms in total. The first kappa shape index (κ1) is 17.6. The molecule has 128 valence electrons. The zero-order valence-electron chi connectivity index (χ0n) is 13.9. The van der Waals surface area contributed by atoms with Crippen molar-refractivity contribution in [3.8, 4) is 17.0 Å². The lowest BCUT2D eigenvalue weighted by Gasteiger charge is -2.05. The van der Waals surface area contributed by atoms with E-state index in [0.717, 1.165) is 20.5 Å². The first-order valence-electron chi connectivity index (χ1n) is 7.87. The number of hydrogen-bond acceptors (Lipinski definition) is 4. The number of aromatic hydroxyl groups is 1. The number of para-hydroxylation sites is 1. The molecule has 1 heterocycles. The van der Waals surface area contributed by atoms with Gasteiger partial charge in [-0.1, -0.05) is 40.2 Å². The lowest BCUT2D eigenvalue weighted by molar-refractivity contribution is 0.474. The van der Waals surface area contributed by atoms with Crippen molar-refractivity contribution in [1.82, 2.24) is 4.68 Å². The second-order valence-electron chi connectivity index (χ2n) is 5.75. The van der Waals surface area contributed by atoms with Crippen LogP contribution in [0, 0.1) is 0 Å². The molecule has 3 aromatic rings. The number of phenolic OH excluding ortho intramolecular Hbond substituents is 1. The molecular weight excluding hydrogens is 398 g/mol. The molecule has 0 unspecified atom stereocenters. The van der Waals surface area contributed by atoms with Crippen LogP contribution in [0.4, 0.5) is 0 Å². The summed E-state index contributed by atoms with van der Waals surface area (Å²) in [6.07, 6.45) is 1.66. The van der Waals surface area contributed by atoms with E-state index in [1.807, 2.05) is 60.3 Å². The summed E-state index contributed by atoms with van der Waals surface area (Å²) in [7, 11) is 0. The maximum Gasteiger partial charge on any atom is 0.206 e. The highest BCUT2D eigenvalue weighted by Crippen LogP contribution is 2.23. The molecular formula is C19H18BrN3OS. The van der Waals surface area contributed by atoms with Gasteiger partial charge >= 0.3 is 0 Å². The molecule has 0 fully saturated rings. The highest BCUT2D eigenvalue weighted by Gasteiger charge is 2.08. The van der Waals surface area contributed by atoms with Gasteiger partial charge in [-0.15, -0.1) is 11.3 Å². The SMILES string of the molecule is CC(C)N=c1scc(-c2ccc(Br)cc2)n1N=Cc1ccccc1O. The number of benzene rings is 2. The summed E-state index contributed by atoms with van der Waals surface area (Å²) in [5.74, 6) is 0.203. The molecule has 0 aliphatic rings. The van der Waals surface area contributed by atoms with E-state index in [0.29, 0.717) is 5.56 Å². The molecule has 1 N–H and O–H groups in total. The predicted octanol–water partition coefficient (Wildman–Crippen LogP) is 4.88. The van der Waals surface area contributed by atoms with E-state index < -0.39 is 0 Å². The van der Waals surface area contributed by atoms with Gasteiger partial charge in [0, 0.05) is 27.0 Å². The Morgan fingerprint density at radius 1 is 1.12 bits per heavy atom. The van der Waals surface area contributed by atoms with Crippen molar-refractivity contribution in [2.45, 2.75) is 19.9 Å². The van der Waals surface area contributed by atoms with Crippen molar-refractivity contribution < 1.29 is 5.11 Å². The monoisotopic (exact) mass is 415 g/mol. The van der Waals surface area contributed by atoms with Gasteiger partial charge in [0.05, 0.1) is 11.9 Å². The highest BCUT2D eigenvalue weighted by molar-refractivity contribution is 9.10. The van der Waals surface area contributed by atoms with Crippen molar-refractivity contribution in [2.24, 2.45) is 10.1 Å². The van der Waals surface area contributed by atoms with Gasteiger partial charge in [0.25, 0.3) is 0 Å². The van der Waals surface area contributed by atoms with Crippen LogP contribution in [0.5, 0.6) is 5.75 Å². The van der Waals surface area contributed by atoms with Crippen LogP contribution in [0.1, 0.15) is 19.4 Å². The van der Waals surface area contributed by atoms with E-state index in [1.54, 1.807) is 29.7 Å².